The van der Waals surface area contributed by atoms with E-state index in [9.17, 15) is 4.79 Å². The molecule has 0 saturated heterocycles. The molecule has 7 heteroatoms. The van der Waals surface area contributed by atoms with Crippen LogP contribution in [0.4, 0.5) is 0 Å². The van der Waals surface area contributed by atoms with Gasteiger partial charge in [-0.05, 0) is 63.8 Å². The maximum Gasteiger partial charge on any atom is 0.252 e. The molecule has 1 aromatic carbocycles. The van der Waals surface area contributed by atoms with Gasteiger partial charge in [-0.3, -0.25) is 9.48 Å². The molecule has 1 N–H and O–H groups in total. The lowest BCUT2D eigenvalue weighted by molar-refractivity contribution is 0.0941. The van der Waals surface area contributed by atoms with Crippen LogP contribution in [-0.2, 0) is 13.5 Å². The number of hydrogen-bond donors (Lipinski definition) is 1. The number of para-hydroxylation sites is 1. The average molecular weight is 429 g/mol. The molecule has 1 unspecified atom stereocenters. The van der Waals surface area contributed by atoms with E-state index in [1.807, 2.05) is 79.8 Å². The third-order valence-electron chi connectivity index (χ3n) is 6.09. The molecule has 1 aliphatic rings. The Morgan fingerprint density at radius 1 is 1.16 bits per heavy atom. The zero-order valence-corrected chi connectivity index (χ0v) is 19.0. The molecule has 1 atom stereocenters. The highest BCUT2D eigenvalue weighted by molar-refractivity contribution is 6.07. The summed E-state index contributed by atoms with van der Waals surface area (Å²) >= 11 is 0. The number of nitrogens with one attached hydrogen (secondary N) is 1. The first-order valence-corrected chi connectivity index (χ1v) is 11.2. The van der Waals surface area contributed by atoms with Gasteiger partial charge < -0.3 is 5.32 Å². The monoisotopic (exact) mass is 428 g/mol. The summed E-state index contributed by atoms with van der Waals surface area (Å²) in [5.41, 5.74) is 6.28. The molecule has 4 aromatic rings. The van der Waals surface area contributed by atoms with Gasteiger partial charge in [0.05, 0.1) is 28.0 Å². The molecule has 0 bridgehead atoms. The van der Waals surface area contributed by atoms with Crippen LogP contribution in [0.15, 0.2) is 42.6 Å². The molecule has 3 aromatic heterocycles. The second-order valence-electron chi connectivity index (χ2n) is 8.89. The summed E-state index contributed by atoms with van der Waals surface area (Å²) in [6.45, 7) is 5.98. The van der Waals surface area contributed by atoms with Crippen LogP contribution in [0.25, 0.3) is 16.7 Å². The topological polar surface area (TPSA) is 77.6 Å². The van der Waals surface area contributed by atoms with E-state index in [0.717, 1.165) is 58.6 Å². The lowest BCUT2D eigenvalue weighted by atomic mass is 10.0. The number of amides is 1. The number of carbonyl (C=O) groups is 1. The first kappa shape index (κ1) is 20.4. The van der Waals surface area contributed by atoms with Crippen molar-refractivity contribution in [2.45, 2.75) is 52.0 Å². The molecule has 1 aliphatic carbocycles. The van der Waals surface area contributed by atoms with Gasteiger partial charge in [0.1, 0.15) is 0 Å². The lowest BCUT2D eigenvalue weighted by Crippen LogP contribution is -2.34. The van der Waals surface area contributed by atoms with Crippen LogP contribution >= 0.6 is 0 Å². The Labute approximate surface area is 187 Å². The number of fused-ring (bicyclic) bond motifs is 1. The summed E-state index contributed by atoms with van der Waals surface area (Å²) < 4.78 is 3.67. The van der Waals surface area contributed by atoms with Gasteiger partial charge in [0.25, 0.3) is 5.91 Å². The van der Waals surface area contributed by atoms with E-state index in [0.29, 0.717) is 11.5 Å². The van der Waals surface area contributed by atoms with Crippen molar-refractivity contribution in [2.75, 3.05) is 0 Å². The number of rotatable bonds is 6. The van der Waals surface area contributed by atoms with Gasteiger partial charge in [-0.1, -0.05) is 18.2 Å². The van der Waals surface area contributed by atoms with Gasteiger partial charge in [0, 0.05) is 30.9 Å². The highest BCUT2D eigenvalue weighted by Crippen LogP contribution is 2.40. The second kappa shape index (κ2) is 7.89. The number of benzene rings is 1. The van der Waals surface area contributed by atoms with Crippen molar-refractivity contribution in [3.05, 3.63) is 70.8 Å². The van der Waals surface area contributed by atoms with Gasteiger partial charge in [0.2, 0.25) is 0 Å². The van der Waals surface area contributed by atoms with Gasteiger partial charge in [-0.2, -0.15) is 10.2 Å². The molecule has 0 radical (unpaired) electrons. The van der Waals surface area contributed by atoms with E-state index in [-0.39, 0.29) is 11.9 Å². The molecule has 7 nitrogen and oxygen atoms in total. The van der Waals surface area contributed by atoms with Gasteiger partial charge in [0.15, 0.2) is 5.65 Å². The minimum absolute atomic E-state index is 0.0255. The first-order valence-electron chi connectivity index (χ1n) is 11.2. The Morgan fingerprint density at radius 3 is 2.56 bits per heavy atom. The zero-order valence-electron chi connectivity index (χ0n) is 19.0. The standard InChI is InChI=1S/C25H28N6O/c1-15(12-19-14-30(4)28-16(19)2)26-25(32)21-13-22(18-10-11-18)27-24-23(21)17(3)29-31(24)20-8-6-5-7-9-20/h5-9,13-15,18H,10-12H2,1-4H3,(H,26,32). The van der Waals surface area contributed by atoms with Crippen LogP contribution in [0.1, 0.15) is 58.7 Å². The summed E-state index contributed by atoms with van der Waals surface area (Å²) in [7, 11) is 1.92. The maximum atomic E-state index is 13.4. The third-order valence-corrected chi connectivity index (χ3v) is 6.09. The molecule has 32 heavy (non-hydrogen) atoms. The van der Waals surface area contributed by atoms with Gasteiger partial charge >= 0.3 is 0 Å². The Kier molecular flexibility index (Phi) is 5.04. The van der Waals surface area contributed by atoms with E-state index in [1.165, 1.54) is 0 Å². The minimum atomic E-state index is -0.0796. The molecule has 1 saturated carbocycles. The number of aromatic nitrogens is 5. The Balaban J connectivity index is 1.52. The summed E-state index contributed by atoms with van der Waals surface area (Å²) in [5, 5.41) is 13.2. The SMILES string of the molecule is Cc1nn(C)cc1CC(C)NC(=O)c1cc(C2CC2)nc2c1c(C)nn2-c1ccccc1. The summed E-state index contributed by atoms with van der Waals surface area (Å²) in [5.74, 6) is 0.352. The van der Waals surface area contributed by atoms with Crippen molar-refractivity contribution in [3.8, 4) is 5.69 Å². The highest BCUT2D eigenvalue weighted by Gasteiger charge is 2.29. The van der Waals surface area contributed by atoms with E-state index in [2.05, 4.69) is 10.4 Å². The van der Waals surface area contributed by atoms with Crippen LogP contribution in [0.3, 0.4) is 0 Å². The normalized spacial score (nSPS) is 14.6. The van der Waals surface area contributed by atoms with Crippen molar-refractivity contribution < 1.29 is 4.79 Å². The minimum Gasteiger partial charge on any atom is -0.349 e. The number of hydrogen-bond acceptors (Lipinski definition) is 4. The second-order valence-corrected chi connectivity index (χ2v) is 8.89. The van der Waals surface area contributed by atoms with E-state index < -0.39 is 0 Å². The van der Waals surface area contributed by atoms with Gasteiger partial charge in [-0.15, -0.1) is 0 Å². The fraction of sp³-hybridized carbons (Fsp3) is 0.360. The number of aryl methyl sites for hydroxylation is 3. The molecule has 1 fully saturated rings. The lowest BCUT2D eigenvalue weighted by Gasteiger charge is -2.15. The average Bonchev–Trinajstić information content (AvgIpc) is 3.50. The van der Waals surface area contributed by atoms with Crippen molar-refractivity contribution in [1.82, 2.24) is 29.9 Å². The van der Waals surface area contributed by atoms with E-state index in [1.54, 1.807) is 0 Å². The van der Waals surface area contributed by atoms with Crippen LogP contribution in [0.2, 0.25) is 0 Å². The Hall–Kier alpha value is -3.48. The van der Waals surface area contributed by atoms with Crippen LogP contribution in [-0.4, -0.2) is 36.5 Å². The molecule has 0 aliphatic heterocycles. The molecule has 3 heterocycles. The van der Waals surface area contributed by atoms with E-state index in [4.69, 9.17) is 10.1 Å². The largest absolute Gasteiger partial charge is 0.349 e. The number of nitrogens with zero attached hydrogens (tertiary/aromatic N) is 5. The quantitative estimate of drug-likeness (QED) is 0.503. The van der Waals surface area contributed by atoms with Crippen LogP contribution in [0, 0.1) is 13.8 Å². The molecular weight excluding hydrogens is 400 g/mol. The number of carbonyl (C=O) groups excluding carboxylic acids is 1. The predicted molar refractivity (Wildman–Crippen MR) is 124 cm³/mol. The molecule has 0 spiro atoms. The first-order chi connectivity index (χ1) is 15.4. The molecule has 1 amide bonds. The summed E-state index contributed by atoms with van der Waals surface area (Å²) in [4.78, 5) is 18.4. The van der Waals surface area contributed by atoms with Crippen molar-refractivity contribution in [2.24, 2.45) is 7.05 Å². The maximum absolute atomic E-state index is 13.4. The van der Waals surface area contributed by atoms with Crippen LogP contribution in [0.5, 0.6) is 0 Å². The van der Waals surface area contributed by atoms with Crippen molar-refractivity contribution in [3.63, 3.8) is 0 Å². The fourth-order valence-electron chi connectivity index (χ4n) is 4.36. The third kappa shape index (κ3) is 3.79. The molecular formula is C25H28N6O. The summed E-state index contributed by atoms with van der Waals surface area (Å²) in [6, 6.07) is 11.9. The van der Waals surface area contributed by atoms with E-state index >= 15 is 0 Å². The predicted octanol–water partition coefficient (Wildman–Crippen LogP) is 4.01. The highest BCUT2D eigenvalue weighted by atomic mass is 16.1. The Bertz CT molecular complexity index is 1300. The zero-order chi connectivity index (χ0) is 22.4. The van der Waals surface area contributed by atoms with Crippen molar-refractivity contribution in [1.29, 1.82) is 0 Å². The molecule has 164 valence electrons. The summed E-state index contributed by atoms with van der Waals surface area (Å²) in [6.07, 6.45) is 4.99. The number of pyridine rings is 1. The van der Waals surface area contributed by atoms with Crippen LogP contribution < -0.4 is 5.32 Å². The molecule has 5 rings (SSSR count). The smallest absolute Gasteiger partial charge is 0.252 e. The fourth-order valence-corrected chi connectivity index (χ4v) is 4.36. The van der Waals surface area contributed by atoms with Crippen molar-refractivity contribution >= 4 is 16.9 Å². The Morgan fingerprint density at radius 2 is 1.91 bits per heavy atom. The van der Waals surface area contributed by atoms with Gasteiger partial charge in [-0.25, -0.2) is 9.67 Å².